The molecule has 168 valence electrons. The van der Waals surface area contributed by atoms with Crippen molar-refractivity contribution in [1.82, 2.24) is 19.4 Å². The van der Waals surface area contributed by atoms with Gasteiger partial charge in [0.25, 0.3) is 0 Å². The maximum atomic E-state index is 12.8. The van der Waals surface area contributed by atoms with E-state index in [9.17, 15) is 19.2 Å². The number of carbonyl (C=O) groups is 3. The van der Waals surface area contributed by atoms with Crippen LogP contribution in [0, 0.1) is 0 Å². The van der Waals surface area contributed by atoms with Crippen LogP contribution in [0.4, 0.5) is 5.69 Å². The van der Waals surface area contributed by atoms with E-state index >= 15 is 0 Å². The van der Waals surface area contributed by atoms with Crippen molar-refractivity contribution >= 4 is 34.5 Å². The SMILES string of the molecule is CC.Cn1c(=O)n(C2CCC(=O)NC2=O)c2ccc(N3CCN(CC(=O)O)CC3)cc21. The minimum Gasteiger partial charge on any atom is -0.480 e. The molecule has 2 aromatic rings. The van der Waals surface area contributed by atoms with Crippen molar-refractivity contribution < 1.29 is 19.5 Å². The van der Waals surface area contributed by atoms with Gasteiger partial charge in [0.15, 0.2) is 0 Å². The predicted octanol–water partition coefficient (Wildman–Crippen LogP) is 0.551. The fourth-order valence-electron chi connectivity index (χ4n) is 4.13. The van der Waals surface area contributed by atoms with Crippen molar-refractivity contribution in [3.8, 4) is 0 Å². The van der Waals surface area contributed by atoms with Crippen molar-refractivity contribution in [2.75, 3.05) is 37.6 Å². The van der Waals surface area contributed by atoms with Gasteiger partial charge in [0.2, 0.25) is 11.8 Å². The maximum Gasteiger partial charge on any atom is 0.329 e. The van der Waals surface area contributed by atoms with E-state index in [2.05, 4.69) is 10.2 Å². The molecular formula is C21H29N5O5. The number of carbonyl (C=O) groups excluding carboxylic acids is 2. The molecule has 0 spiro atoms. The second kappa shape index (κ2) is 9.34. The van der Waals surface area contributed by atoms with Crippen LogP contribution in [0.15, 0.2) is 23.0 Å². The van der Waals surface area contributed by atoms with Gasteiger partial charge < -0.3 is 10.0 Å². The Labute approximate surface area is 180 Å². The zero-order valence-corrected chi connectivity index (χ0v) is 18.1. The summed E-state index contributed by atoms with van der Waals surface area (Å²) in [5.41, 5.74) is 2.02. The highest BCUT2D eigenvalue weighted by Crippen LogP contribution is 2.26. The molecular weight excluding hydrogens is 402 g/mol. The molecule has 3 heterocycles. The number of anilines is 1. The molecule has 1 unspecified atom stereocenters. The largest absolute Gasteiger partial charge is 0.480 e. The highest BCUT2D eigenvalue weighted by molar-refractivity contribution is 6.00. The van der Waals surface area contributed by atoms with Crippen molar-refractivity contribution in [3.05, 3.63) is 28.7 Å². The zero-order chi connectivity index (χ0) is 22.7. The third-order valence-corrected chi connectivity index (χ3v) is 5.69. The lowest BCUT2D eigenvalue weighted by Gasteiger charge is -2.35. The van der Waals surface area contributed by atoms with E-state index in [1.807, 2.05) is 36.9 Å². The first-order chi connectivity index (χ1) is 14.8. The van der Waals surface area contributed by atoms with Gasteiger partial charge in [0, 0.05) is 45.3 Å². The summed E-state index contributed by atoms with van der Waals surface area (Å²) in [6.45, 7) is 6.73. The van der Waals surface area contributed by atoms with Crippen LogP contribution in [-0.2, 0) is 21.4 Å². The van der Waals surface area contributed by atoms with E-state index in [-0.39, 0.29) is 24.6 Å². The highest BCUT2D eigenvalue weighted by Gasteiger charge is 2.31. The van der Waals surface area contributed by atoms with Crippen LogP contribution in [0.3, 0.4) is 0 Å². The summed E-state index contributed by atoms with van der Waals surface area (Å²) in [4.78, 5) is 51.5. The highest BCUT2D eigenvalue weighted by atomic mass is 16.4. The number of piperazine rings is 1. The molecule has 2 aliphatic rings. The molecule has 2 N–H and O–H groups in total. The summed E-state index contributed by atoms with van der Waals surface area (Å²) in [5, 5.41) is 11.2. The van der Waals surface area contributed by atoms with Crippen molar-refractivity contribution in [2.45, 2.75) is 32.7 Å². The summed E-state index contributed by atoms with van der Waals surface area (Å²) >= 11 is 0. The molecule has 1 aromatic carbocycles. The van der Waals surface area contributed by atoms with Gasteiger partial charge in [-0.15, -0.1) is 0 Å². The molecule has 10 heteroatoms. The molecule has 0 aliphatic carbocycles. The lowest BCUT2D eigenvalue weighted by molar-refractivity contribution is -0.138. The van der Waals surface area contributed by atoms with Gasteiger partial charge in [-0.3, -0.25) is 33.7 Å². The normalized spacial score (nSPS) is 19.7. The van der Waals surface area contributed by atoms with Gasteiger partial charge in [-0.25, -0.2) is 4.79 Å². The number of amides is 2. The van der Waals surface area contributed by atoms with Gasteiger partial charge in [-0.05, 0) is 24.6 Å². The van der Waals surface area contributed by atoms with Crippen LogP contribution in [-0.4, -0.2) is 69.6 Å². The number of hydrogen-bond acceptors (Lipinski definition) is 6. The van der Waals surface area contributed by atoms with Gasteiger partial charge in [0.1, 0.15) is 6.04 Å². The van der Waals surface area contributed by atoms with Gasteiger partial charge >= 0.3 is 11.7 Å². The molecule has 4 rings (SSSR count). The number of imidazole rings is 1. The summed E-state index contributed by atoms with van der Waals surface area (Å²) in [6.07, 6.45) is 0.509. The molecule has 2 fully saturated rings. The molecule has 1 atom stereocenters. The number of aliphatic carboxylic acids is 1. The number of fused-ring (bicyclic) bond motifs is 1. The number of imide groups is 1. The minimum atomic E-state index is -0.829. The monoisotopic (exact) mass is 431 g/mol. The standard InChI is InChI=1S/C19H23N5O5.C2H6/c1-21-15-10-12(23-8-6-22(7-9-23)11-17(26)27)2-3-13(15)24(19(21)29)14-4-5-16(25)20-18(14)28;1-2/h2-3,10,14H,4-9,11H2,1H3,(H,26,27)(H,20,25,28);1-2H3. The molecule has 0 saturated carbocycles. The van der Waals surface area contributed by atoms with E-state index < -0.39 is 17.9 Å². The fraction of sp³-hybridized carbons (Fsp3) is 0.524. The van der Waals surface area contributed by atoms with E-state index in [0.29, 0.717) is 43.6 Å². The summed E-state index contributed by atoms with van der Waals surface area (Å²) in [5.74, 6) is -1.59. The number of nitrogens with zero attached hydrogens (tertiary/aromatic N) is 4. The Kier molecular flexibility index (Phi) is 6.79. The maximum absolute atomic E-state index is 12.8. The molecule has 31 heavy (non-hydrogen) atoms. The molecule has 2 saturated heterocycles. The zero-order valence-electron chi connectivity index (χ0n) is 18.1. The van der Waals surface area contributed by atoms with Crippen LogP contribution in [0.25, 0.3) is 11.0 Å². The van der Waals surface area contributed by atoms with Crippen molar-refractivity contribution in [3.63, 3.8) is 0 Å². The van der Waals surface area contributed by atoms with Crippen molar-refractivity contribution in [2.24, 2.45) is 7.05 Å². The van der Waals surface area contributed by atoms with E-state index in [1.54, 1.807) is 7.05 Å². The quantitative estimate of drug-likeness (QED) is 0.679. The van der Waals surface area contributed by atoms with Gasteiger partial charge in [-0.1, -0.05) is 13.8 Å². The third kappa shape index (κ3) is 4.48. The van der Waals surface area contributed by atoms with Crippen molar-refractivity contribution in [1.29, 1.82) is 0 Å². The number of carboxylic acids is 1. The van der Waals surface area contributed by atoms with E-state index in [0.717, 1.165) is 5.69 Å². The van der Waals surface area contributed by atoms with Crippen LogP contribution in [0.2, 0.25) is 0 Å². The number of rotatable bonds is 4. The average Bonchev–Trinajstić information content (AvgIpc) is 3.00. The van der Waals surface area contributed by atoms with Crippen LogP contribution in [0.5, 0.6) is 0 Å². The molecule has 0 radical (unpaired) electrons. The Hall–Kier alpha value is -3.14. The number of benzene rings is 1. The number of aryl methyl sites for hydroxylation is 1. The first-order valence-electron chi connectivity index (χ1n) is 10.6. The lowest BCUT2D eigenvalue weighted by Crippen LogP contribution is -2.48. The Morgan fingerprint density at radius 3 is 2.39 bits per heavy atom. The molecule has 2 aliphatic heterocycles. The number of carboxylic acid groups (broad SMARTS) is 1. The second-order valence-electron chi connectivity index (χ2n) is 7.51. The average molecular weight is 431 g/mol. The number of nitrogens with one attached hydrogen (secondary N) is 1. The number of piperidine rings is 1. The Balaban J connectivity index is 0.00000132. The third-order valence-electron chi connectivity index (χ3n) is 5.69. The summed E-state index contributed by atoms with van der Waals surface area (Å²) < 4.78 is 2.98. The number of hydrogen-bond donors (Lipinski definition) is 2. The topological polar surface area (TPSA) is 117 Å². The number of aromatic nitrogens is 2. The predicted molar refractivity (Wildman–Crippen MR) is 116 cm³/mol. The first kappa shape index (κ1) is 22.5. The smallest absolute Gasteiger partial charge is 0.329 e. The Morgan fingerprint density at radius 1 is 1.10 bits per heavy atom. The van der Waals surface area contributed by atoms with Crippen LogP contribution >= 0.6 is 0 Å². The minimum absolute atomic E-state index is 0.0379. The molecule has 10 nitrogen and oxygen atoms in total. The van der Waals surface area contributed by atoms with Gasteiger partial charge in [0.05, 0.1) is 17.6 Å². The van der Waals surface area contributed by atoms with Crippen LogP contribution in [0.1, 0.15) is 32.7 Å². The first-order valence-corrected chi connectivity index (χ1v) is 10.6. The lowest BCUT2D eigenvalue weighted by atomic mass is 10.1. The summed E-state index contributed by atoms with van der Waals surface area (Å²) in [7, 11) is 1.67. The van der Waals surface area contributed by atoms with Crippen LogP contribution < -0.4 is 15.9 Å². The molecule has 2 amide bonds. The molecule has 0 bridgehead atoms. The Morgan fingerprint density at radius 2 is 1.77 bits per heavy atom. The molecule has 1 aromatic heterocycles. The Bertz CT molecular complexity index is 1050. The second-order valence-corrected chi connectivity index (χ2v) is 7.51. The fourth-order valence-corrected chi connectivity index (χ4v) is 4.13. The van der Waals surface area contributed by atoms with E-state index in [1.165, 1.54) is 9.13 Å². The van der Waals surface area contributed by atoms with Gasteiger partial charge in [-0.2, -0.15) is 0 Å². The van der Waals surface area contributed by atoms with E-state index in [4.69, 9.17) is 5.11 Å². The summed E-state index contributed by atoms with van der Waals surface area (Å²) in [6, 6.07) is 4.97.